The summed E-state index contributed by atoms with van der Waals surface area (Å²) < 4.78 is 0. The van der Waals surface area contributed by atoms with Crippen LogP contribution in [-0.2, 0) is 29.8 Å². The molecule has 0 aliphatic rings. The summed E-state index contributed by atoms with van der Waals surface area (Å²) in [5.74, 6) is 0. The zero-order valence-corrected chi connectivity index (χ0v) is 8.12. The van der Waals surface area contributed by atoms with Crippen LogP contribution in [0.25, 0.3) is 0 Å². The van der Waals surface area contributed by atoms with E-state index in [0.717, 1.165) is 0 Å². The van der Waals surface area contributed by atoms with Crippen LogP contribution in [0.15, 0.2) is 0 Å². The number of carbonyl (C=O) groups excluding carboxylic acids is 3. The van der Waals surface area contributed by atoms with Crippen molar-refractivity contribution in [1.82, 2.24) is 0 Å². The topological polar surface area (TPSA) is 51.2 Å². The van der Waals surface area contributed by atoms with Gasteiger partial charge in [0.15, 0.2) is 0 Å². The molecule has 0 rings (SSSR count). The molecule has 9 heavy (non-hydrogen) atoms. The SMILES string of the molecule is [CH-]=O.[CH-]=O.[CH-]=O.[Cl][Os][Cl]. The van der Waals surface area contributed by atoms with Crippen LogP contribution in [-0.4, -0.2) is 20.4 Å². The quantitative estimate of drug-likeness (QED) is 0.475. The zero-order valence-electron chi connectivity index (χ0n) is 4.07. The molecule has 0 spiro atoms. The van der Waals surface area contributed by atoms with Crippen LogP contribution in [0.3, 0.4) is 0 Å². The van der Waals surface area contributed by atoms with Crippen molar-refractivity contribution in [2.45, 2.75) is 0 Å². The second kappa shape index (κ2) is 286. The fraction of sp³-hybridized carbons (Fsp3) is 0. The molecule has 0 saturated heterocycles. The first-order chi connectivity index (χ1) is 4.41. The van der Waals surface area contributed by atoms with Gasteiger partial charge in [0.25, 0.3) is 0 Å². The Morgan fingerprint density at radius 3 is 0.778 bits per heavy atom. The van der Waals surface area contributed by atoms with Crippen LogP contribution in [0.2, 0.25) is 0 Å². The summed E-state index contributed by atoms with van der Waals surface area (Å²) >= 11 is -0.639. The molecule has 0 heterocycles. The molecule has 0 amide bonds. The Morgan fingerprint density at radius 1 is 0.778 bits per heavy atom. The Balaban J connectivity index is -0.0000000190. The minimum absolute atomic E-state index is 0.639. The van der Waals surface area contributed by atoms with Gasteiger partial charge in [0.2, 0.25) is 0 Å². The predicted octanol–water partition coefficient (Wildman–Crippen LogP) is 0.554. The normalized spacial score (nSPS) is 3.78. The first-order valence-corrected chi connectivity index (χ1v) is 7.27. The third-order valence-corrected chi connectivity index (χ3v) is 0. The second-order valence-electron chi connectivity index (χ2n) is 0.0505. The van der Waals surface area contributed by atoms with Gasteiger partial charge >= 0.3 is 34.7 Å². The fourth-order valence-electron chi connectivity index (χ4n) is 0. The molecule has 0 aromatic heterocycles. The Labute approximate surface area is 69.5 Å². The van der Waals surface area contributed by atoms with Gasteiger partial charge in [-0.15, -0.1) is 0 Å². The van der Waals surface area contributed by atoms with Gasteiger partial charge in [-0.05, 0) is 0 Å². The van der Waals surface area contributed by atoms with Gasteiger partial charge in [-0.25, -0.2) is 0 Å². The van der Waals surface area contributed by atoms with Crippen molar-refractivity contribution >= 4 is 39.6 Å². The van der Waals surface area contributed by atoms with E-state index in [1.165, 1.54) is 0 Å². The maximum absolute atomic E-state index is 7.75. The molecular formula is C3H3Cl2O3Os-3. The first-order valence-electron chi connectivity index (χ1n) is 0.974. The summed E-state index contributed by atoms with van der Waals surface area (Å²) in [5, 5.41) is 0. The molecule has 0 fully saturated rings. The molecule has 0 N–H and O–H groups in total. The van der Waals surface area contributed by atoms with Crippen LogP contribution in [0.4, 0.5) is 0 Å². The number of hydrogen-bond acceptors (Lipinski definition) is 3. The molecule has 0 unspecified atom stereocenters. The molecule has 3 nitrogen and oxygen atoms in total. The standard InChI is InChI=1S/3CHO.2ClH.Os/c3*1-2;;;/h3*1H;2*1H;/q3*-1;;;+2/p-2. The van der Waals surface area contributed by atoms with Crippen molar-refractivity contribution in [2.75, 3.05) is 0 Å². The maximum atomic E-state index is 7.75. The van der Waals surface area contributed by atoms with Gasteiger partial charge < -0.3 is 14.4 Å². The molecule has 0 aromatic rings. The monoisotopic (exact) mass is 349 g/mol. The second-order valence-corrected chi connectivity index (χ2v) is 3.72. The summed E-state index contributed by atoms with van der Waals surface area (Å²) in [6, 6.07) is 0. The molecule has 58 valence electrons. The van der Waals surface area contributed by atoms with Crippen molar-refractivity contribution in [1.29, 1.82) is 0 Å². The van der Waals surface area contributed by atoms with Gasteiger partial charge in [0, 0.05) is 0 Å². The molecule has 0 aliphatic heterocycles. The van der Waals surface area contributed by atoms with Crippen molar-refractivity contribution in [2.24, 2.45) is 0 Å². The molecule has 0 bridgehead atoms. The van der Waals surface area contributed by atoms with E-state index in [1.807, 2.05) is 0 Å². The Bertz CT molecular complexity index is 28.3. The Morgan fingerprint density at radius 2 is 0.778 bits per heavy atom. The van der Waals surface area contributed by atoms with Crippen LogP contribution >= 0.6 is 19.3 Å². The van der Waals surface area contributed by atoms with E-state index in [-0.39, 0.29) is 0 Å². The van der Waals surface area contributed by atoms with E-state index in [1.54, 1.807) is 0 Å². The Kier molecular flexibility index (Phi) is 725. The first kappa shape index (κ1) is 22.9. The summed E-state index contributed by atoms with van der Waals surface area (Å²) in [5.41, 5.74) is 0. The van der Waals surface area contributed by atoms with E-state index in [4.69, 9.17) is 33.7 Å². The van der Waals surface area contributed by atoms with Gasteiger partial charge in [0.05, 0.1) is 0 Å². The molecule has 0 aromatic carbocycles. The molecule has 6 heteroatoms. The van der Waals surface area contributed by atoms with E-state index in [0.29, 0.717) is 0 Å². The summed E-state index contributed by atoms with van der Waals surface area (Å²) in [7, 11) is 9.81. The summed E-state index contributed by atoms with van der Waals surface area (Å²) in [6.45, 7) is 9.75. The molecule has 0 aliphatic carbocycles. The number of halogens is 2. The van der Waals surface area contributed by atoms with E-state index in [2.05, 4.69) is 20.4 Å². The van der Waals surface area contributed by atoms with Gasteiger partial charge in [-0.3, -0.25) is 20.4 Å². The van der Waals surface area contributed by atoms with E-state index < -0.39 is 15.4 Å². The van der Waals surface area contributed by atoms with Crippen LogP contribution in [0.1, 0.15) is 0 Å². The third-order valence-electron chi connectivity index (χ3n) is 0. The molecule has 0 radical (unpaired) electrons. The third kappa shape index (κ3) is 6220. The number of rotatable bonds is 0. The van der Waals surface area contributed by atoms with Crippen molar-refractivity contribution in [3.8, 4) is 0 Å². The fourth-order valence-corrected chi connectivity index (χ4v) is 0. The molecular weight excluding hydrogens is 345 g/mol. The van der Waals surface area contributed by atoms with Crippen LogP contribution < -0.4 is 0 Å². The zero-order chi connectivity index (χ0) is 8.71. The summed E-state index contributed by atoms with van der Waals surface area (Å²) in [6.07, 6.45) is 0. The van der Waals surface area contributed by atoms with Crippen LogP contribution in [0.5, 0.6) is 0 Å². The molecule has 0 saturated carbocycles. The molecule has 0 atom stereocenters. The minimum atomic E-state index is -0.639. The number of hydrogen-bond donors (Lipinski definition) is 0. The van der Waals surface area contributed by atoms with Gasteiger partial charge in [-0.2, -0.15) is 0 Å². The van der Waals surface area contributed by atoms with Crippen molar-refractivity contribution in [3.05, 3.63) is 0 Å². The predicted molar refractivity (Wildman–Crippen MR) is 32.0 cm³/mol. The average molecular weight is 348 g/mol. The average Bonchev–Trinajstić information content (AvgIpc) is 2.01. The summed E-state index contributed by atoms with van der Waals surface area (Å²) in [4.78, 5) is 23.2. The van der Waals surface area contributed by atoms with Crippen molar-refractivity contribution < 1.29 is 29.8 Å². The van der Waals surface area contributed by atoms with Crippen molar-refractivity contribution in [3.63, 3.8) is 0 Å². The van der Waals surface area contributed by atoms with Gasteiger partial charge in [-0.1, -0.05) is 0 Å². The van der Waals surface area contributed by atoms with E-state index in [9.17, 15) is 0 Å². The van der Waals surface area contributed by atoms with Gasteiger partial charge in [0.1, 0.15) is 0 Å². The van der Waals surface area contributed by atoms with E-state index >= 15 is 0 Å². The van der Waals surface area contributed by atoms with Crippen LogP contribution in [0, 0.1) is 0 Å². The Hall–Kier alpha value is 0.226.